The first-order chi connectivity index (χ1) is 15.6. The lowest BCUT2D eigenvalue weighted by Gasteiger charge is -2.19. The summed E-state index contributed by atoms with van der Waals surface area (Å²) in [5.74, 6) is 1.09. The second-order valence-electron chi connectivity index (χ2n) is 7.13. The van der Waals surface area contributed by atoms with E-state index in [-0.39, 0.29) is 5.95 Å². The predicted molar refractivity (Wildman–Crippen MR) is 123 cm³/mol. The third kappa shape index (κ3) is 5.04. The minimum atomic E-state index is -0.973. The molecule has 1 atom stereocenters. The number of carbonyl (C=O) groups is 1. The van der Waals surface area contributed by atoms with E-state index in [2.05, 4.69) is 25.3 Å². The Morgan fingerprint density at radius 3 is 2.22 bits per heavy atom. The molecule has 0 radical (unpaired) electrons. The molecule has 32 heavy (non-hydrogen) atoms. The summed E-state index contributed by atoms with van der Waals surface area (Å²) in [6, 6.07) is 21.8. The van der Waals surface area contributed by atoms with Crippen molar-refractivity contribution in [1.29, 1.82) is 0 Å². The molecular weight excluding hydrogens is 404 g/mol. The van der Waals surface area contributed by atoms with Crippen LogP contribution in [0.3, 0.4) is 0 Å². The summed E-state index contributed by atoms with van der Waals surface area (Å²) in [6.45, 7) is 0. The van der Waals surface area contributed by atoms with Crippen molar-refractivity contribution in [3.63, 3.8) is 0 Å². The maximum atomic E-state index is 11.8. The fourth-order valence-electron chi connectivity index (χ4n) is 3.19. The molecular formula is C24H22N6O2. The Bertz CT molecular complexity index is 1190. The number of aliphatic carboxylic acids is 1. The molecule has 2 heterocycles. The average molecular weight is 426 g/mol. The summed E-state index contributed by atoms with van der Waals surface area (Å²) in [6.07, 6.45) is 3.59. The van der Waals surface area contributed by atoms with Gasteiger partial charge in [-0.1, -0.05) is 60.7 Å². The molecule has 0 saturated carbocycles. The van der Waals surface area contributed by atoms with Gasteiger partial charge in [-0.3, -0.25) is 0 Å². The zero-order valence-electron chi connectivity index (χ0n) is 17.5. The minimum Gasteiger partial charge on any atom is -0.480 e. The van der Waals surface area contributed by atoms with Gasteiger partial charge in [0.25, 0.3) is 0 Å². The zero-order valence-corrected chi connectivity index (χ0v) is 17.5. The Kier molecular flexibility index (Phi) is 6.31. The highest BCUT2D eigenvalue weighted by Gasteiger charge is 2.19. The molecule has 2 N–H and O–H groups in total. The first-order valence-electron chi connectivity index (χ1n) is 10.1. The standard InChI is InChI=1S/C24H22N6O2/c1-30(20-12-14-25-22(28-20)18-10-6-3-7-11-18)21-13-15-26-24(29-21)27-19(23(31)32)16-17-8-4-2-5-9-17/h2-15,19H,16H2,1H3,(H,31,32)(H,26,27,29). The van der Waals surface area contributed by atoms with Crippen LogP contribution < -0.4 is 10.2 Å². The molecule has 0 fully saturated rings. The molecule has 4 rings (SSSR count). The van der Waals surface area contributed by atoms with Crippen LogP contribution in [0.5, 0.6) is 0 Å². The summed E-state index contributed by atoms with van der Waals surface area (Å²) < 4.78 is 0. The van der Waals surface area contributed by atoms with Crippen LogP contribution in [-0.2, 0) is 11.2 Å². The Labute approximate surface area is 185 Å². The summed E-state index contributed by atoms with van der Waals surface area (Å²) in [4.78, 5) is 31.3. The first kappa shape index (κ1) is 20.9. The van der Waals surface area contributed by atoms with Crippen molar-refractivity contribution >= 4 is 23.6 Å². The van der Waals surface area contributed by atoms with Crippen LogP contribution >= 0.6 is 0 Å². The van der Waals surface area contributed by atoms with Gasteiger partial charge in [0.15, 0.2) is 5.82 Å². The van der Waals surface area contributed by atoms with E-state index in [1.165, 1.54) is 0 Å². The maximum Gasteiger partial charge on any atom is 0.326 e. The molecule has 0 spiro atoms. The number of hydrogen-bond donors (Lipinski definition) is 2. The van der Waals surface area contributed by atoms with E-state index in [1.807, 2.05) is 67.7 Å². The highest BCUT2D eigenvalue weighted by Crippen LogP contribution is 2.23. The number of benzene rings is 2. The maximum absolute atomic E-state index is 11.8. The Hall–Kier alpha value is -4.33. The van der Waals surface area contributed by atoms with Gasteiger partial charge in [-0.2, -0.15) is 4.98 Å². The number of rotatable bonds is 8. The van der Waals surface area contributed by atoms with Crippen LogP contribution in [0.4, 0.5) is 17.6 Å². The van der Waals surface area contributed by atoms with Crippen molar-refractivity contribution in [2.45, 2.75) is 12.5 Å². The summed E-state index contributed by atoms with van der Waals surface area (Å²) in [5, 5.41) is 12.6. The predicted octanol–water partition coefficient (Wildman–Crippen LogP) is 3.81. The molecule has 2 aromatic carbocycles. The second-order valence-corrected chi connectivity index (χ2v) is 7.13. The largest absolute Gasteiger partial charge is 0.480 e. The highest BCUT2D eigenvalue weighted by molar-refractivity contribution is 5.77. The van der Waals surface area contributed by atoms with Crippen molar-refractivity contribution in [2.24, 2.45) is 0 Å². The lowest BCUT2D eigenvalue weighted by Crippen LogP contribution is -2.32. The van der Waals surface area contributed by atoms with Gasteiger partial charge in [0.05, 0.1) is 0 Å². The van der Waals surface area contributed by atoms with E-state index < -0.39 is 12.0 Å². The lowest BCUT2D eigenvalue weighted by atomic mass is 10.1. The molecule has 0 aliphatic carbocycles. The number of nitrogens with zero attached hydrogens (tertiary/aromatic N) is 5. The van der Waals surface area contributed by atoms with Gasteiger partial charge in [0.2, 0.25) is 5.95 Å². The van der Waals surface area contributed by atoms with Crippen LogP contribution in [0.25, 0.3) is 11.4 Å². The molecule has 0 bridgehead atoms. The van der Waals surface area contributed by atoms with Crippen LogP contribution in [0.2, 0.25) is 0 Å². The van der Waals surface area contributed by atoms with Crippen molar-refractivity contribution in [3.8, 4) is 11.4 Å². The molecule has 1 unspecified atom stereocenters. The number of carboxylic acids is 1. The van der Waals surface area contributed by atoms with E-state index in [4.69, 9.17) is 0 Å². The molecule has 0 aliphatic heterocycles. The quantitative estimate of drug-likeness (QED) is 0.438. The average Bonchev–Trinajstić information content (AvgIpc) is 2.84. The molecule has 4 aromatic rings. The molecule has 8 heteroatoms. The van der Waals surface area contributed by atoms with Crippen molar-refractivity contribution in [2.75, 3.05) is 17.3 Å². The third-order valence-electron chi connectivity index (χ3n) is 4.89. The summed E-state index contributed by atoms with van der Waals surface area (Å²) in [5.41, 5.74) is 1.83. The normalized spacial score (nSPS) is 11.5. The van der Waals surface area contributed by atoms with E-state index in [9.17, 15) is 9.90 Å². The third-order valence-corrected chi connectivity index (χ3v) is 4.89. The Balaban J connectivity index is 1.54. The Morgan fingerprint density at radius 2 is 1.53 bits per heavy atom. The van der Waals surface area contributed by atoms with Gasteiger partial charge in [-0.25, -0.2) is 19.7 Å². The SMILES string of the molecule is CN(c1ccnc(NC(Cc2ccccc2)C(=O)O)n1)c1ccnc(-c2ccccc2)n1. The molecule has 8 nitrogen and oxygen atoms in total. The molecule has 2 aromatic heterocycles. The number of carboxylic acid groups (broad SMARTS) is 1. The highest BCUT2D eigenvalue weighted by atomic mass is 16.4. The van der Waals surface area contributed by atoms with Crippen molar-refractivity contribution in [3.05, 3.63) is 90.8 Å². The monoisotopic (exact) mass is 426 g/mol. The summed E-state index contributed by atoms with van der Waals surface area (Å²) >= 11 is 0. The number of nitrogens with one attached hydrogen (secondary N) is 1. The van der Waals surface area contributed by atoms with Crippen molar-refractivity contribution < 1.29 is 9.90 Å². The first-order valence-corrected chi connectivity index (χ1v) is 10.1. The van der Waals surface area contributed by atoms with E-state index in [0.717, 1.165) is 11.1 Å². The van der Waals surface area contributed by atoms with Crippen molar-refractivity contribution in [1.82, 2.24) is 19.9 Å². The molecule has 0 amide bonds. The fraction of sp³-hybridized carbons (Fsp3) is 0.125. The smallest absolute Gasteiger partial charge is 0.326 e. The summed E-state index contributed by atoms with van der Waals surface area (Å²) in [7, 11) is 1.84. The van der Waals surface area contributed by atoms with Crippen LogP contribution in [0.1, 0.15) is 5.56 Å². The van der Waals surface area contributed by atoms with Crippen LogP contribution in [-0.4, -0.2) is 44.1 Å². The van der Waals surface area contributed by atoms with Crippen LogP contribution in [0, 0.1) is 0 Å². The van der Waals surface area contributed by atoms with Gasteiger partial charge in [-0.05, 0) is 17.7 Å². The van der Waals surface area contributed by atoms with Crippen LogP contribution in [0.15, 0.2) is 85.2 Å². The number of aromatic nitrogens is 4. The Morgan fingerprint density at radius 1 is 0.906 bits per heavy atom. The molecule has 160 valence electrons. The minimum absolute atomic E-state index is 0.232. The van der Waals surface area contributed by atoms with Gasteiger partial charge < -0.3 is 15.3 Å². The van der Waals surface area contributed by atoms with Gasteiger partial charge in [0.1, 0.15) is 17.7 Å². The van der Waals surface area contributed by atoms with Gasteiger partial charge in [-0.15, -0.1) is 0 Å². The lowest BCUT2D eigenvalue weighted by molar-refractivity contribution is -0.137. The second kappa shape index (κ2) is 9.65. The van der Waals surface area contributed by atoms with E-state index in [0.29, 0.717) is 23.9 Å². The fourth-order valence-corrected chi connectivity index (χ4v) is 3.19. The molecule has 0 saturated heterocycles. The van der Waals surface area contributed by atoms with Gasteiger partial charge >= 0.3 is 5.97 Å². The topological polar surface area (TPSA) is 104 Å². The van der Waals surface area contributed by atoms with E-state index in [1.54, 1.807) is 29.4 Å². The number of anilines is 3. The zero-order chi connectivity index (χ0) is 22.3. The molecule has 0 aliphatic rings. The number of hydrogen-bond acceptors (Lipinski definition) is 7. The van der Waals surface area contributed by atoms with Gasteiger partial charge in [0, 0.05) is 31.4 Å². The van der Waals surface area contributed by atoms with E-state index >= 15 is 0 Å².